The number of piperidine rings is 1. The van der Waals surface area contributed by atoms with Crippen LogP contribution in [0.4, 0.5) is 0 Å². The Balaban J connectivity index is 2.69. The number of nitriles is 1. The van der Waals surface area contributed by atoms with Crippen LogP contribution in [-0.2, 0) is 0 Å². The van der Waals surface area contributed by atoms with E-state index in [2.05, 4.69) is 45.6 Å². The highest BCUT2D eigenvalue weighted by Crippen LogP contribution is 2.38. The molecule has 1 unspecified atom stereocenters. The van der Waals surface area contributed by atoms with Crippen LogP contribution < -0.4 is 0 Å². The third-order valence-corrected chi connectivity index (χ3v) is 3.74. The zero-order chi connectivity index (χ0) is 11.7. The third kappa shape index (κ3) is 2.95. The maximum absolute atomic E-state index is 8.81. The summed E-state index contributed by atoms with van der Waals surface area (Å²) in [6.07, 6.45) is 1.88. The topological polar surface area (TPSA) is 27.0 Å². The van der Waals surface area contributed by atoms with Gasteiger partial charge in [-0.2, -0.15) is 5.26 Å². The van der Waals surface area contributed by atoms with E-state index in [0.717, 1.165) is 19.5 Å². The summed E-state index contributed by atoms with van der Waals surface area (Å²) in [7, 11) is 0. The predicted octanol–water partition coefficient (Wildman–Crippen LogP) is 3.05. The van der Waals surface area contributed by atoms with E-state index in [-0.39, 0.29) is 11.0 Å². The fourth-order valence-corrected chi connectivity index (χ4v) is 2.46. The van der Waals surface area contributed by atoms with Gasteiger partial charge < -0.3 is 0 Å². The van der Waals surface area contributed by atoms with E-state index in [1.165, 1.54) is 0 Å². The Bertz CT molecular complexity index is 255. The van der Waals surface area contributed by atoms with Crippen molar-refractivity contribution in [2.45, 2.75) is 53.0 Å². The van der Waals surface area contributed by atoms with E-state index in [9.17, 15) is 0 Å². The standard InChI is InChI=1S/C13H24N2/c1-12(2,3)15-9-7-11(6-8-14)13(4,5)10-15/h11H,6-7,9-10H2,1-5H3. The second kappa shape index (κ2) is 4.14. The van der Waals surface area contributed by atoms with Gasteiger partial charge in [-0.3, -0.25) is 4.90 Å². The lowest BCUT2D eigenvalue weighted by Gasteiger charge is -2.48. The molecule has 1 aliphatic heterocycles. The second-order valence-corrected chi connectivity index (χ2v) is 6.43. The van der Waals surface area contributed by atoms with E-state index in [1.54, 1.807) is 0 Å². The monoisotopic (exact) mass is 208 g/mol. The minimum Gasteiger partial charge on any atom is -0.298 e. The van der Waals surface area contributed by atoms with Crippen LogP contribution in [-0.4, -0.2) is 23.5 Å². The van der Waals surface area contributed by atoms with Gasteiger partial charge in [0.1, 0.15) is 0 Å². The van der Waals surface area contributed by atoms with Gasteiger partial charge in [0.05, 0.1) is 6.07 Å². The van der Waals surface area contributed by atoms with Crippen molar-refractivity contribution in [1.82, 2.24) is 4.90 Å². The van der Waals surface area contributed by atoms with Crippen LogP contribution in [0.15, 0.2) is 0 Å². The first-order valence-corrected chi connectivity index (χ1v) is 5.89. The van der Waals surface area contributed by atoms with Gasteiger partial charge in [-0.15, -0.1) is 0 Å². The van der Waals surface area contributed by atoms with E-state index in [1.807, 2.05) is 0 Å². The lowest BCUT2D eigenvalue weighted by molar-refractivity contribution is 0.00410. The molecule has 0 aliphatic carbocycles. The van der Waals surface area contributed by atoms with Crippen molar-refractivity contribution in [3.8, 4) is 6.07 Å². The molecule has 0 amide bonds. The van der Waals surface area contributed by atoms with Gasteiger partial charge in [0.2, 0.25) is 0 Å². The zero-order valence-electron chi connectivity index (χ0n) is 10.8. The maximum atomic E-state index is 8.81. The minimum atomic E-state index is 0.259. The van der Waals surface area contributed by atoms with E-state index >= 15 is 0 Å². The van der Waals surface area contributed by atoms with Crippen LogP contribution in [0.5, 0.6) is 0 Å². The lowest BCUT2D eigenvalue weighted by atomic mass is 9.71. The Morgan fingerprint density at radius 1 is 1.40 bits per heavy atom. The maximum Gasteiger partial charge on any atom is 0.0624 e. The molecule has 1 atom stereocenters. The van der Waals surface area contributed by atoms with Gasteiger partial charge in [-0.05, 0) is 45.1 Å². The first-order valence-electron chi connectivity index (χ1n) is 5.89. The van der Waals surface area contributed by atoms with Crippen molar-refractivity contribution in [2.24, 2.45) is 11.3 Å². The van der Waals surface area contributed by atoms with Gasteiger partial charge in [0, 0.05) is 18.5 Å². The molecule has 0 radical (unpaired) electrons. The van der Waals surface area contributed by atoms with E-state index in [4.69, 9.17) is 5.26 Å². The number of hydrogen-bond donors (Lipinski definition) is 0. The van der Waals surface area contributed by atoms with E-state index < -0.39 is 0 Å². The van der Waals surface area contributed by atoms with Gasteiger partial charge in [0.15, 0.2) is 0 Å². The summed E-state index contributed by atoms with van der Waals surface area (Å²) in [5.41, 5.74) is 0.538. The molecule has 0 aromatic heterocycles. The smallest absolute Gasteiger partial charge is 0.0624 e. The average molecular weight is 208 g/mol. The molecule has 1 aliphatic rings. The second-order valence-electron chi connectivity index (χ2n) is 6.43. The Labute approximate surface area is 94.3 Å². The predicted molar refractivity (Wildman–Crippen MR) is 63.4 cm³/mol. The SMILES string of the molecule is CC1(C)CN(C(C)(C)C)CCC1CC#N. The van der Waals surface area contributed by atoms with Crippen LogP contribution >= 0.6 is 0 Å². The largest absolute Gasteiger partial charge is 0.298 e. The first kappa shape index (κ1) is 12.5. The summed E-state index contributed by atoms with van der Waals surface area (Å²) >= 11 is 0. The van der Waals surface area contributed by atoms with Crippen molar-refractivity contribution in [3.63, 3.8) is 0 Å². The van der Waals surface area contributed by atoms with Gasteiger partial charge in [0.25, 0.3) is 0 Å². The van der Waals surface area contributed by atoms with Crippen molar-refractivity contribution in [3.05, 3.63) is 0 Å². The molecule has 0 N–H and O–H groups in total. The van der Waals surface area contributed by atoms with Crippen molar-refractivity contribution in [1.29, 1.82) is 5.26 Å². The van der Waals surface area contributed by atoms with E-state index in [0.29, 0.717) is 12.3 Å². The molecule has 0 saturated carbocycles. The van der Waals surface area contributed by atoms with Crippen LogP contribution in [0.2, 0.25) is 0 Å². The molecule has 1 saturated heterocycles. The Morgan fingerprint density at radius 2 is 2.00 bits per heavy atom. The molecular weight excluding hydrogens is 184 g/mol. The van der Waals surface area contributed by atoms with Gasteiger partial charge >= 0.3 is 0 Å². The summed E-state index contributed by atoms with van der Waals surface area (Å²) in [6, 6.07) is 2.33. The molecule has 1 heterocycles. The molecule has 1 rings (SSSR count). The number of rotatable bonds is 1. The van der Waals surface area contributed by atoms with Gasteiger partial charge in [-0.1, -0.05) is 13.8 Å². The fourth-order valence-electron chi connectivity index (χ4n) is 2.46. The average Bonchev–Trinajstić information content (AvgIpc) is 2.06. The summed E-state index contributed by atoms with van der Waals surface area (Å²) < 4.78 is 0. The Hall–Kier alpha value is -0.550. The molecule has 2 heteroatoms. The first-order chi connectivity index (χ1) is 6.77. The van der Waals surface area contributed by atoms with Gasteiger partial charge in [-0.25, -0.2) is 0 Å². The zero-order valence-corrected chi connectivity index (χ0v) is 10.8. The molecule has 86 valence electrons. The van der Waals surface area contributed by atoms with Crippen LogP contribution in [0.1, 0.15) is 47.5 Å². The van der Waals surface area contributed by atoms with Crippen molar-refractivity contribution < 1.29 is 0 Å². The third-order valence-electron chi connectivity index (χ3n) is 3.74. The lowest BCUT2D eigenvalue weighted by Crippen LogP contribution is -2.53. The quantitative estimate of drug-likeness (QED) is 0.662. The Morgan fingerprint density at radius 3 is 2.40 bits per heavy atom. The number of likely N-dealkylation sites (tertiary alicyclic amines) is 1. The normalized spacial score (nSPS) is 27.3. The van der Waals surface area contributed by atoms with Crippen LogP contribution in [0.25, 0.3) is 0 Å². The molecule has 0 aromatic carbocycles. The highest BCUT2D eigenvalue weighted by Gasteiger charge is 2.38. The highest BCUT2D eigenvalue weighted by atomic mass is 15.2. The molecule has 0 aromatic rings. The van der Waals surface area contributed by atoms with Crippen molar-refractivity contribution >= 4 is 0 Å². The summed E-state index contributed by atoms with van der Waals surface area (Å²) in [5, 5.41) is 8.81. The number of nitrogens with zero attached hydrogens (tertiary/aromatic N) is 2. The summed E-state index contributed by atoms with van der Waals surface area (Å²) in [5.74, 6) is 0.570. The number of hydrogen-bond acceptors (Lipinski definition) is 2. The molecule has 2 nitrogen and oxygen atoms in total. The summed E-state index contributed by atoms with van der Waals surface area (Å²) in [4.78, 5) is 2.54. The Kier molecular flexibility index (Phi) is 3.45. The molecule has 0 bridgehead atoms. The summed E-state index contributed by atoms with van der Waals surface area (Å²) in [6.45, 7) is 13.7. The molecule has 15 heavy (non-hydrogen) atoms. The molecule has 0 spiro atoms. The fraction of sp³-hybridized carbons (Fsp3) is 0.923. The van der Waals surface area contributed by atoms with Crippen LogP contribution in [0.3, 0.4) is 0 Å². The molecule has 1 fully saturated rings. The highest BCUT2D eigenvalue weighted by molar-refractivity contribution is 4.94. The van der Waals surface area contributed by atoms with Crippen molar-refractivity contribution in [2.75, 3.05) is 13.1 Å². The minimum absolute atomic E-state index is 0.259. The molecular formula is C13H24N2. The van der Waals surface area contributed by atoms with Crippen LogP contribution in [0, 0.1) is 22.7 Å².